The molecule has 0 unspecified atom stereocenters. The van der Waals surface area contributed by atoms with E-state index in [0.29, 0.717) is 18.4 Å². The molecule has 0 saturated carbocycles. The highest BCUT2D eigenvalue weighted by molar-refractivity contribution is 5.84. The number of rotatable bonds is 4. The molecule has 9 heteroatoms. The molecule has 1 aliphatic rings. The molecule has 0 amide bonds. The Morgan fingerprint density at radius 1 is 1.29 bits per heavy atom. The van der Waals surface area contributed by atoms with E-state index in [1.54, 1.807) is 0 Å². The molecule has 1 saturated heterocycles. The van der Waals surface area contributed by atoms with E-state index in [1.165, 1.54) is 24.0 Å². The zero-order chi connectivity index (χ0) is 15.7. The zero-order valence-electron chi connectivity index (χ0n) is 11.2. The summed E-state index contributed by atoms with van der Waals surface area (Å²) in [6, 6.07) is 1.46. The molecule has 9 nitrogen and oxygen atoms in total. The van der Waals surface area contributed by atoms with Gasteiger partial charge in [-0.15, -0.1) is 0 Å². The minimum atomic E-state index is -1.14. The van der Waals surface area contributed by atoms with E-state index in [2.05, 4.69) is 0 Å². The summed E-state index contributed by atoms with van der Waals surface area (Å²) in [6.45, 7) is 1.75. The van der Waals surface area contributed by atoms with Crippen LogP contribution in [0.4, 0.5) is 17.1 Å². The van der Waals surface area contributed by atoms with Crippen LogP contribution in [0.5, 0.6) is 0 Å². The lowest BCUT2D eigenvalue weighted by Gasteiger charge is -2.23. The van der Waals surface area contributed by atoms with Crippen LogP contribution in [0, 0.1) is 27.2 Å². The van der Waals surface area contributed by atoms with Gasteiger partial charge in [-0.1, -0.05) is 0 Å². The quantitative estimate of drug-likeness (QED) is 0.663. The summed E-state index contributed by atoms with van der Waals surface area (Å²) in [7, 11) is 0. The molecule has 112 valence electrons. The Morgan fingerprint density at radius 3 is 2.24 bits per heavy atom. The molecule has 0 aromatic heterocycles. The lowest BCUT2D eigenvalue weighted by atomic mass is 10.1. The Balaban J connectivity index is 2.67. The van der Waals surface area contributed by atoms with E-state index < -0.39 is 33.2 Å². The predicted octanol–water partition coefficient (Wildman–Crippen LogP) is 1.86. The SMILES string of the molecule is Cc1cc([N+](=O)[O-])c(N2CCC[C@@H]2C(=O)O)c([N+](=O)[O-])c1. The average Bonchev–Trinajstić information content (AvgIpc) is 2.86. The van der Waals surface area contributed by atoms with Crippen molar-refractivity contribution in [3.8, 4) is 0 Å². The molecule has 1 atom stereocenters. The summed E-state index contributed by atoms with van der Waals surface area (Å²) in [5.41, 5.74) is -0.714. The molecule has 21 heavy (non-hydrogen) atoms. The number of nitrogens with zero attached hydrogens (tertiary/aromatic N) is 3. The summed E-state index contributed by atoms with van der Waals surface area (Å²) in [6.07, 6.45) is 0.816. The molecule has 1 heterocycles. The maximum absolute atomic E-state index is 11.2. The number of carbonyl (C=O) groups is 1. The number of carboxylic acid groups (broad SMARTS) is 1. The molecule has 1 aromatic rings. The number of hydrogen-bond donors (Lipinski definition) is 1. The number of nitro benzene ring substituents is 2. The second-order valence-corrected chi connectivity index (χ2v) is 4.86. The van der Waals surface area contributed by atoms with Crippen LogP contribution < -0.4 is 4.90 Å². The maximum Gasteiger partial charge on any atom is 0.326 e. The van der Waals surface area contributed by atoms with Crippen LogP contribution in [0.15, 0.2) is 12.1 Å². The number of hydrogen-bond acceptors (Lipinski definition) is 6. The molecule has 0 radical (unpaired) electrons. The highest BCUT2D eigenvalue weighted by Crippen LogP contribution is 2.41. The number of nitro groups is 2. The van der Waals surface area contributed by atoms with Gasteiger partial charge in [-0.05, 0) is 25.3 Å². The zero-order valence-corrected chi connectivity index (χ0v) is 11.2. The highest BCUT2D eigenvalue weighted by atomic mass is 16.6. The third kappa shape index (κ3) is 2.62. The summed E-state index contributed by atoms with van der Waals surface area (Å²) >= 11 is 0. The second kappa shape index (κ2) is 5.35. The third-order valence-corrected chi connectivity index (χ3v) is 3.43. The number of aliphatic carboxylic acids is 1. The molecule has 1 N–H and O–H groups in total. The van der Waals surface area contributed by atoms with E-state index in [0.717, 1.165) is 0 Å². The minimum absolute atomic E-state index is 0.222. The van der Waals surface area contributed by atoms with Crippen LogP contribution in [-0.4, -0.2) is 33.5 Å². The van der Waals surface area contributed by atoms with Crippen molar-refractivity contribution in [2.75, 3.05) is 11.4 Å². The Hall–Kier alpha value is -2.71. The van der Waals surface area contributed by atoms with Gasteiger partial charge in [0.15, 0.2) is 5.69 Å². The average molecular weight is 295 g/mol. The van der Waals surface area contributed by atoms with E-state index in [-0.39, 0.29) is 12.2 Å². The van der Waals surface area contributed by atoms with E-state index in [4.69, 9.17) is 0 Å². The first-order chi connectivity index (χ1) is 9.82. The van der Waals surface area contributed by atoms with Crippen LogP contribution in [0.3, 0.4) is 0 Å². The van der Waals surface area contributed by atoms with Crippen molar-refractivity contribution in [1.29, 1.82) is 0 Å². The van der Waals surface area contributed by atoms with Gasteiger partial charge in [0.1, 0.15) is 6.04 Å². The molecule has 0 bridgehead atoms. The number of carboxylic acids is 1. The normalized spacial score (nSPS) is 17.8. The molecular formula is C12H13N3O6. The molecule has 0 aliphatic carbocycles. The van der Waals surface area contributed by atoms with Gasteiger partial charge in [-0.3, -0.25) is 20.2 Å². The Bertz CT molecular complexity index is 594. The second-order valence-electron chi connectivity index (χ2n) is 4.86. The van der Waals surface area contributed by atoms with Crippen molar-refractivity contribution >= 4 is 23.0 Å². The van der Waals surface area contributed by atoms with Gasteiger partial charge >= 0.3 is 5.97 Å². The molecule has 1 fully saturated rings. The number of anilines is 1. The fraction of sp³-hybridized carbons (Fsp3) is 0.417. The van der Waals surface area contributed by atoms with Crippen LogP contribution in [0.1, 0.15) is 18.4 Å². The van der Waals surface area contributed by atoms with Gasteiger partial charge in [0, 0.05) is 18.7 Å². The summed E-state index contributed by atoms with van der Waals surface area (Å²) in [5.74, 6) is -1.14. The maximum atomic E-state index is 11.2. The summed E-state index contributed by atoms with van der Waals surface area (Å²) < 4.78 is 0. The molecule has 0 spiro atoms. The largest absolute Gasteiger partial charge is 0.480 e. The summed E-state index contributed by atoms with van der Waals surface area (Å²) in [5, 5.41) is 31.6. The van der Waals surface area contributed by atoms with Gasteiger partial charge in [-0.2, -0.15) is 0 Å². The highest BCUT2D eigenvalue weighted by Gasteiger charge is 2.39. The Morgan fingerprint density at radius 2 is 1.81 bits per heavy atom. The monoisotopic (exact) mass is 295 g/mol. The first kappa shape index (κ1) is 14.7. The standard InChI is InChI=1S/C12H13N3O6/c1-7-5-9(14(18)19)11(10(6-7)15(20)21)13-4-2-3-8(13)12(16)17/h5-6,8H,2-4H2,1H3,(H,16,17)/t8-/m1/s1. The van der Waals surface area contributed by atoms with Crippen LogP contribution in [-0.2, 0) is 4.79 Å². The van der Waals surface area contributed by atoms with Crippen molar-refractivity contribution < 1.29 is 19.7 Å². The molecule has 1 aromatic carbocycles. The van der Waals surface area contributed by atoms with Crippen molar-refractivity contribution in [2.24, 2.45) is 0 Å². The van der Waals surface area contributed by atoms with Gasteiger partial charge in [-0.25, -0.2) is 4.79 Å². The van der Waals surface area contributed by atoms with Crippen LogP contribution in [0.25, 0.3) is 0 Å². The summed E-state index contributed by atoms with van der Waals surface area (Å²) in [4.78, 5) is 33.4. The van der Waals surface area contributed by atoms with Crippen molar-refractivity contribution in [1.82, 2.24) is 0 Å². The van der Waals surface area contributed by atoms with Gasteiger partial charge < -0.3 is 10.0 Å². The third-order valence-electron chi connectivity index (χ3n) is 3.43. The lowest BCUT2D eigenvalue weighted by molar-refractivity contribution is -0.392. The van der Waals surface area contributed by atoms with Gasteiger partial charge in [0.2, 0.25) is 0 Å². The van der Waals surface area contributed by atoms with Crippen LogP contribution in [0.2, 0.25) is 0 Å². The van der Waals surface area contributed by atoms with Crippen molar-refractivity contribution in [3.63, 3.8) is 0 Å². The fourth-order valence-electron chi connectivity index (χ4n) is 2.60. The lowest BCUT2D eigenvalue weighted by Crippen LogP contribution is -2.36. The molecule has 2 rings (SSSR count). The van der Waals surface area contributed by atoms with E-state index in [9.17, 15) is 30.1 Å². The molecular weight excluding hydrogens is 282 g/mol. The fourth-order valence-corrected chi connectivity index (χ4v) is 2.60. The van der Waals surface area contributed by atoms with E-state index >= 15 is 0 Å². The van der Waals surface area contributed by atoms with Gasteiger partial charge in [0.25, 0.3) is 11.4 Å². The Kier molecular flexibility index (Phi) is 3.74. The first-order valence-corrected chi connectivity index (χ1v) is 6.25. The number of benzene rings is 1. The molecule has 1 aliphatic heterocycles. The number of aryl methyl sites for hydroxylation is 1. The topological polar surface area (TPSA) is 127 Å². The predicted molar refractivity (Wildman–Crippen MR) is 72.5 cm³/mol. The first-order valence-electron chi connectivity index (χ1n) is 6.25. The van der Waals surface area contributed by atoms with E-state index in [1.807, 2.05) is 0 Å². The van der Waals surface area contributed by atoms with Gasteiger partial charge in [0.05, 0.1) is 9.85 Å². The smallest absolute Gasteiger partial charge is 0.326 e. The Labute approximate surface area is 119 Å². The van der Waals surface area contributed by atoms with Crippen LogP contribution >= 0.6 is 0 Å². The van der Waals surface area contributed by atoms with Crippen molar-refractivity contribution in [2.45, 2.75) is 25.8 Å². The van der Waals surface area contributed by atoms with Crippen molar-refractivity contribution in [3.05, 3.63) is 37.9 Å². The minimum Gasteiger partial charge on any atom is -0.480 e.